The molecule has 2 radical (unpaired) electrons. The van der Waals surface area contributed by atoms with Gasteiger partial charge in [-0.3, -0.25) is 0 Å². The number of benzene rings is 1. The summed E-state index contributed by atoms with van der Waals surface area (Å²) in [6.45, 7) is 3.74. The molecule has 0 aliphatic carbocycles. The summed E-state index contributed by atoms with van der Waals surface area (Å²) in [5.41, 5.74) is 11.9. The van der Waals surface area contributed by atoms with Crippen LogP contribution in [0.4, 0.5) is 0 Å². The molecule has 5 nitrogen and oxygen atoms in total. The zero-order chi connectivity index (χ0) is 15.0. The lowest BCUT2D eigenvalue weighted by Crippen LogP contribution is -2.24. The molecule has 0 aliphatic heterocycles. The van der Waals surface area contributed by atoms with Crippen molar-refractivity contribution in [1.82, 2.24) is 10.6 Å². The van der Waals surface area contributed by atoms with Gasteiger partial charge in [-0.2, -0.15) is 0 Å². The van der Waals surface area contributed by atoms with Crippen LogP contribution in [0.2, 0.25) is 0 Å². The smallest absolute Gasteiger partial charge is 0.129 e. The summed E-state index contributed by atoms with van der Waals surface area (Å²) in [5.74, 6) is 0.316. The van der Waals surface area contributed by atoms with Gasteiger partial charge in [-0.25, -0.2) is 0 Å². The number of phenols is 1. The van der Waals surface area contributed by atoms with Gasteiger partial charge in [0.2, 0.25) is 0 Å². The van der Waals surface area contributed by atoms with E-state index in [1.807, 2.05) is 12.1 Å². The molecule has 1 aromatic rings. The highest BCUT2D eigenvalue weighted by Gasteiger charge is 2.11. The van der Waals surface area contributed by atoms with E-state index in [1.165, 1.54) is 0 Å². The van der Waals surface area contributed by atoms with Crippen LogP contribution in [0.25, 0.3) is 0 Å². The fourth-order valence-electron chi connectivity index (χ4n) is 1.78. The third kappa shape index (κ3) is 5.83. The molecule has 0 aliphatic rings. The van der Waals surface area contributed by atoms with Gasteiger partial charge in [-0.1, -0.05) is 27.5 Å². The van der Waals surface area contributed by atoms with Crippen LogP contribution in [0.15, 0.2) is 12.1 Å². The van der Waals surface area contributed by atoms with E-state index in [-0.39, 0.29) is 0 Å². The minimum atomic E-state index is -0.724. The van der Waals surface area contributed by atoms with Crippen molar-refractivity contribution >= 4 is 40.4 Å². The lowest BCUT2D eigenvalue weighted by molar-refractivity contribution is 0.455. The predicted octanol–water partition coefficient (Wildman–Crippen LogP) is 0.0295. The number of nitrogens with one attached hydrogen (secondary N) is 2. The van der Waals surface area contributed by atoms with Crippen molar-refractivity contribution in [3.8, 4) is 5.75 Å². The van der Waals surface area contributed by atoms with Crippen LogP contribution in [-0.4, -0.2) is 38.9 Å². The second-order valence-corrected chi connectivity index (χ2v) is 8.61. The van der Waals surface area contributed by atoms with E-state index in [4.69, 9.17) is 19.0 Å². The highest BCUT2D eigenvalue weighted by Crippen LogP contribution is 2.39. The molecule has 110 valence electrons. The number of hydrogen-bond acceptors (Lipinski definition) is 5. The Kier molecular flexibility index (Phi) is 8.99. The summed E-state index contributed by atoms with van der Waals surface area (Å²) in [5, 5.41) is 17.8. The van der Waals surface area contributed by atoms with E-state index in [0.717, 1.165) is 16.4 Å². The summed E-state index contributed by atoms with van der Waals surface area (Å²) in [6, 6.07) is 3.92. The zero-order valence-electron chi connectivity index (χ0n) is 11.4. The predicted molar refractivity (Wildman–Crippen MR) is 96.0 cm³/mol. The molecular weight excluding hydrogens is 385 g/mol. The van der Waals surface area contributed by atoms with E-state index in [2.05, 4.69) is 32.7 Å². The average Bonchev–Trinajstić information content (AvgIpc) is 2.42. The van der Waals surface area contributed by atoms with E-state index in [9.17, 15) is 5.11 Å². The van der Waals surface area contributed by atoms with Crippen LogP contribution >= 0.6 is 27.5 Å². The number of halogens is 1. The molecule has 1 atom stereocenters. The monoisotopic (exact) mass is 406 g/mol. The maximum absolute atomic E-state index is 10.3. The lowest BCUT2D eigenvalue weighted by atomic mass is 10.1. The van der Waals surface area contributed by atoms with Crippen LogP contribution in [0.5, 0.6) is 5.75 Å². The van der Waals surface area contributed by atoms with Crippen molar-refractivity contribution in [3.63, 3.8) is 0 Å². The Balaban J connectivity index is 2.90. The second-order valence-electron chi connectivity index (χ2n) is 4.35. The molecule has 0 spiro atoms. The summed E-state index contributed by atoms with van der Waals surface area (Å²) in [4.78, 5) is 0. The van der Waals surface area contributed by atoms with Gasteiger partial charge in [0.25, 0.3) is 0 Å². The van der Waals surface area contributed by atoms with Crippen molar-refractivity contribution in [2.24, 2.45) is 11.5 Å². The highest BCUT2D eigenvalue weighted by atomic mass is 127. The third-order valence-electron chi connectivity index (χ3n) is 2.77. The van der Waals surface area contributed by atoms with Gasteiger partial charge in [0.1, 0.15) is 13.3 Å². The van der Waals surface area contributed by atoms with Gasteiger partial charge in [-0.15, -0.1) is 0 Å². The molecule has 1 unspecified atom stereocenters. The van der Waals surface area contributed by atoms with Crippen LogP contribution in [0.1, 0.15) is 11.1 Å². The number of nitrogens with two attached hydrogens (primary N) is 2. The van der Waals surface area contributed by atoms with Gasteiger partial charge >= 0.3 is 0 Å². The number of hydrogen-bond donors (Lipinski definition) is 5. The molecule has 8 heteroatoms. The summed E-state index contributed by atoms with van der Waals surface area (Å²) >= 11 is 2.22. The highest BCUT2D eigenvalue weighted by molar-refractivity contribution is 14.2. The molecule has 20 heavy (non-hydrogen) atoms. The third-order valence-corrected chi connectivity index (χ3v) is 5.20. The van der Waals surface area contributed by atoms with Crippen molar-refractivity contribution < 1.29 is 5.11 Å². The first-order chi connectivity index (χ1) is 9.60. The van der Waals surface area contributed by atoms with Crippen molar-refractivity contribution in [2.45, 2.75) is 13.1 Å². The van der Waals surface area contributed by atoms with Crippen LogP contribution < -0.4 is 27.4 Å². The molecule has 0 saturated carbocycles. The molecule has 0 amide bonds. The molecule has 1 aromatic carbocycles. The minimum absolute atomic E-state index is 0.316. The molecule has 7 N–H and O–H groups in total. The standard InChI is InChI=1S/C12H21BIN4OP/c13-20(14)11-5-9(7-17-3-1-15)12(19)10(6-11)8-18-4-2-16/h5-6,17-19H,1-4,7-8,15-16H2. The van der Waals surface area contributed by atoms with Crippen molar-refractivity contribution in [3.05, 3.63) is 23.3 Å². The molecule has 0 heterocycles. The second kappa shape index (κ2) is 9.92. The zero-order valence-corrected chi connectivity index (χ0v) is 14.5. The Morgan fingerprint density at radius 1 is 1.10 bits per heavy atom. The Labute approximate surface area is 135 Å². The molecular formula is C12H21BIN4OP. The first-order valence-corrected chi connectivity index (χ1v) is 10.7. The van der Waals surface area contributed by atoms with Crippen molar-refractivity contribution in [1.29, 1.82) is 0 Å². The maximum atomic E-state index is 10.3. The van der Waals surface area contributed by atoms with E-state index >= 15 is 0 Å². The lowest BCUT2D eigenvalue weighted by Gasteiger charge is -2.15. The molecule has 0 bridgehead atoms. The topological polar surface area (TPSA) is 96.3 Å². The fourth-order valence-corrected chi connectivity index (χ4v) is 3.18. The van der Waals surface area contributed by atoms with E-state index in [0.29, 0.717) is 45.0 Å². The first kappa shape index (κ1) is 18.1. The molecule has 0 saturated heterocycles. The molecule has 0 aromatic heterocycles. The van der Waals surface area contributed by atoms with Gasteiger partial charge in [-0.05, 0) is 17.4 Å². The molecule has 1 rings (SSSR count). The molecule has 0 fully saturated rings. The number of rotatable bonds is 9. The maximum Gasteiger partial charge on any atom is 0.129 e. The van der Waals surface area contributed by atoms with Crippen LogP contribution in [-0.2, 0) is 13.1 Å². The number of phenolic OH excluding ortho intramolecular Hbond substituents is 1. The van der Waals surface area contributed by atoms with Gasteiger partial charge < -0.3 is 27.2 Å². The fraction of sp³-hybridized carbons (Fsp3) is 0.500. The Morgan fingerprint density at radius 2 is 1.55 bits per heavy atom. The van der Waals surface area contributed by atoms with E-state index < -0.39 is 5.44 Å². The Hall–Kier alpha value is 0.0849. The minimum Gasteiger partial charge on any atom is -0.507 e. The van der Waals surface area contributed by atoms with Gasteiger partial charge in [0.15, 0.2) is 0 Å². The van der Waals surface area contributed by atoms with Gasteiger partial charge in [0, 0.05) is 50.4 Å². The van der Waals surface area contributed by atoms with E-state index in [1.54, 1.807) is 0 Å². The average molecular weight is 406 g/mol. The Bertz CT molecular complexity index is 391. The largest absolute Gasteiger partial charge is 0.507 e. The Morgan fingerprint density at radius 3 is 1.90 bits per heavy atom. The summed E-state index contributed by atoms with van der Waals surface area (Å²) in [7, 11) is 6.00. The van der Waals surface area contributed by atoms with Crippen LogP contribution in [0, 0.1) is 0 Å². The first-order valence-electron chi connectivity index (χ1n) is 6.47. The summed E-state index contributed by atoms with van der Waals surface area (Å²) < 4.78 is 0. The van der Waals surface area contributed by atoms with Gasteiger partial charge in [0.05, 0.1) is 0 Å². The number of aromatic hydroxyl groups is 1. The quantitative estimate of drug-likeness (QED) is 0.173. The normalized spacial score (nSPS) is 12.6. The van der Waals surface area contributed by atoms with Crippen LogP contribution in [0.3, 0.4) is 0 Å². The summed E-state index contributed by atoms with van der Waals surface area (Å²) in [6.07, 6.45) is 0. The van der Waals surface area contributed by atoms with Crippen molar-refractivity contribution in [2.75, 3.05) is 26.2 Å². The SMILES string of the molecule is [B]P(I)c1cc(CNCCN)c(O)c(CNCCN)c1.